The number of carbonyl (C=O) groups is 1. The van der Waals surface area contributed by atoms with E-state index in [1.165, 1.54) is 0 Å². The lowest BCUT2D eigenvalue weighted by molar-refractivity contribution is 0.0928. The molecule has 1 aromatic carbocycles. The van der Waals surface area contributed by atoms with Crippen LogP contribution < -0.4 is 5.32 Å². The fraction of sp³-hybridized carbons (Fsp3) is 0.458. The number of halogens is 1. The van der Waals surface area contributed by atoms with Gasteiger partial charge in [-0.1, -0.05) is 37.6 Å². The fourth-order valence-corrected chi connectivity index (χ4v) is 4.09. The number of benzene rings is 1. The van der Waals surface area contributed by atoms with Crippen LogP contribution in [-0.2, 0) is 6.54 Å². The molecule has 2 heterocycles. The van der Waals surface area contributed by atoms with Gasteiger partial charge >= 0.3 is 0 Å². The van der Waals surface area contributed by atoms with Gasteiger partial charge in [0.05, 0.1) is 5.52 Å². The van der Waals surface area contributed by atoms with Gasteiger partial charge in [-0.3, -0.25) is 4.79 Å². The molecule has 30 heavy (non-hydrogen) atoms. The lowest BCUT2D eigenvalue weighted by Gasteiger charge is -2.20. The molecule has 3 rings (SSSR count). The first kappa shape index (κ1) is 22.4. The predicted molar refractivity (Wildman–Crippen MR) is 123 cm³/mol. The van der Waals surface area contributed by atoms with E-state index in [4.69, 9.17) is 16.0 Å². The highest BCUT2D eigenvalue weighted by atomic mass is 35.5. The summed E-state index contributed by atoms with van der Waals surface area (Å²) in [6, 6.07) is 11.6. The van der Waals surface area contributed by atoms with E-state index in [1.54, 1.807) is 0 Å². The largest absolute Gasteiger partial charge is 0.460 e. The van der Waals surface area contributed by atoms with Gasteiger partial charge in [0.1, 0.15) is 11.5 Å². The second kappa shape index (κ2) is 10.2. The molecule has 2 aromatic heterocycles. The zero-order valence-corrected chi connectivity index (χ0v) is 19.1. The van der Waals surface area contributed by atoms with E-state index >= 15 is 0 Å². The van der Waals surface area contributed by atoms with Crippen molar-refractivity contribution in [1.82, 2.24) is 14.8 Å². The van der Waals surface area contributed by atoms with E-state index in [0.29, 0.717) is 17.3 Å². The van der Waals surface area contributed by atoms with Crippen LogP contribution >= 0.6 is 11.6 Å². The smallest absolute Gasteiger partial charge is 0.268 e. The topological polar surface area (TPSA) is 50.4 Å². The van der Waals surface area contributed by atoms with Gasteiger partial charge in [-0.2, -0.15) is 0 Å². The van der Waals surface area contributed by atoms with E-state index in [2.05, 4.69) is 31.0 Å². The molecule has 3 aromatic rings. The van der Waals surface area contributed by atoms with Gasteiger partial charge in [0.2, 0.25) is 0 Å². The number of carbonyl (C=O) groups excluding carboxylic acids is 1. The number of rotatable bonds is 10. The van der Waals surface area contributed by atoms with E-state index < -0.39 is 0 Å². The standard InChI is InChI=1S/C24H32ClN3O2/c1-5-27(6-2)12-8-9-17(3)26-24(29)22-15-23-21(13-18(4)30-23)28(22)16-19-10-7-11-20(25)14-19/h7,10-11,13-15,17H,5-6,8-9,12,16H2,1-4H3,(H,26,29). The Bertz CT molecular complexity index is 988. The lowest BCUT2D eigenvalue weighted by Crippen LogP contribution is -2.35. The number of aryl methyl sites for hydroxylation is 1. The van der Waals surface area contributed by atoms with Crippen molar-refractivity contribution < 1.29 is 9.21 Å². The Labute approximate surface area is 184 Å². The van der Waals surface area contributed by atoms with Crippen molar-refractivity contribution in [3.05, 3.63) is 58.4 Å². The molecule has 1 amide bonds. The van der Waals surface area contributed by atoms with Gasteiger partial charge in [-0.15, -0.1) is 0 Å². The first-order valence-electron chi connectivity index (χ1n) is 10.8. The SMILES string of the molecule is CCN(CC)CCCC(C)NC(=O)c1cc2oc(C)cc2n1Cc1cccc(Cl)c1. The summed E-state index contributed by atoms with van der Waals surface area (Å²) < 4.78 is 7.80. The summed E-state index contributed by atoms with van der Waals surface area (Å²) in [7, 11) is 0. The molecule has 0 aliphatic carbocycles. The highest BCUT2D eigenvalue weighted by Gasteiger charge is 2.20. The summed E-state index contributed by atoms with van der Waals surface area (Å²) in [5.41, 5.74) is 3.31. The maximum Gasteiger partial charge on any atom is 0.268 e. The van der Waals surface area contributed by atoms with E-state index in [9.17, 15) is 4.79 Å². The van der Waals surface area contributed by atoms with Crippen molar-refractivity contribution in [2.45, 2.75) is 53.1 Å². The summed E-state index contributed by atoms with van der Waals surface area (Å²) in [6.07, 6.45) is 2.01. The number of hydrogen-bond donors (Lipinski definition) is 1. The Balaban J connectivity index is 1.74. The fourth-order valence-electron chi connectivity index (χ4n) is 3.87. The number of furan rings is 1. The Morgan fingerprint density at radius 1 is 1.23 bits per heavy atom. The first-order chi connectivity index (χ1) is 14.4. The summed E-state index contributed by atoms with van der Waals surface area (Å²) >= 11 is 6.16. The molecule has 0 aliphatic heterocycles. The highest BCUT2D eigenvalue weighted by Crippen LogP contribution is 2.25. The van der Waals surface area contributed by atoms with Gasteiger partial charge in [0.25, 0.3) is 5.91 Å². The summed E-state index contributed by atoms with van der Waals surface area (Å²) in [5, 5.41) is 3.85. The molecule has 5 nitrogen and oxygen atoms in total. The summed E-state index contributed by atoms with van der Waals surface area (Å²) in [6.45, 7) is 12.1. The normalized spacial score (nSPS) is 12.6. The molecule has 0 bridgehead atoms. The van der Waals surface area contributed by atoms with Gasteiger partial charge in [-0.25, -0.2) is 0 Å². The quantitative estimate of drug-likeness (QED) is 0.464. The third-order valence-electron chi connectivity index (χ3n) is 5.56. The number of nitrogens with zero attached hydrogens (tertiary/aromatic N) is 2. The monoisotopic (exact) mass is 429 g/mol. The van der Waals surface area contributed by atoms with Crippen LogP contribution in [0.15, 0.2) is 40.8 Å². The molecule has 0 radical (unpaired) electrons. The second-order valence-electron chi connectivity index (χ2n) is 7.90. The van der Waals surface area contributed by atoms with Crippen LogP contribution in [0, 0.1) is 6.92 Å². The van der Waals surface area contributed by atoms with E-state index in [-0.39, 0.29) is 11.9 Å². The number of aromatic nitrogens is 1. The minimum atomic E-state index is -0.0728. The van der Waals surface area contributed by atoms with E-state index in [0.717, 1.165) is 54.9 Å². The Hall–Kier alpha value is -2.24. The zero-order valence-electron chi connectivity index (χ0n) is 18.4. The summed E-state index contributed by atoms with van der Waals surface area (Å²) in [5.74, 6) is 0.757. The summed E-state index contributed by atoms with van der Waals surface area (Å²) in [4.78, 5) is 15.5. The van der Waals surface area contributed by atoms with Crippen molar-refractivity contribution in [1.29, 1.82) is 0 Å². The van der Waals surface area contributed by atoms with Crippen molar-refractivity contribution in [3.63, 3.8) is 0 Å². The maximum absolute atomic E-state index is 13.1. The van der Waals surface area contributed by atoms with Crippen molar-refractivity contribution >= 4 is 28.6 Å². The average molecular weight is 430 g/mol. The van der Waals surface area contributed by atoms with Gasteiger partial charge in [0.15, 0.2) is 5.58 Å². The molecule has 1 N–H and O–H groups in total. The zero-order chi connectivity index (χ0) is 21.7. The minimum Gasteiger partial charge on any atom is -0.460 e. The molecule has 0 fully saturated rings. The Kier molecular flexibility index (Phi) is 7.62. The van der Waals surface area contributed by atoms with Crippen LogP contribution in [-0.4, -0.2) is 41.1 Å². The van der Waals surface area contributed by atoms with Crippen LogP contribution in [0.5, 0.6) is 0 Å². The number of hydrogen-bond acceptors (Lipinski definition) is 3. The Morgan fingerprint density at radius 2 is 2.00 bits per heavy atom. The van der Waals surface area contributed by atoms with Crippen LogP contribution in [0.2, 0.25) is 5.02 Å². The molecule has 1 atom stereocenters. The molecule has 1 unspecified atom stereocenters. The minimum absolute atomic E-state index is 0.0728. The van der Waals surface area contributed by atoms with Gasteiger partial charge < -0.3 is 19.2 Å². The molecule has 162 valence electrons. The van der Waals surface area contributed by atoms with Crippen molar-refractivity contribution in [3.8, 4) is 0 Å². The third-order valence-corrected chi connectivity index (χ3v) is 5.79. The number of nitrogens with one attached hydrogen (secondary N) is 1. The van der Waals surface area contributed by atoms with Crippen LogP contribution in [0.1, 0.15) is 55.4 Å². The van der Waals surface area contributed by atoms with E-state index in [1.807, 2.05) is 47.9 Å². The molecule has 0 saturated heterocycles. The van der Waals surface area contributed by atoms with Crippen LogP contribution in [0.25, 0.3) is 11.1 Å². The first-order valence-corrected chi connectivity index (χ1v) is 11.2. The number of fused-ring (bicyclic) bond motifs is 1. The maximum atomic E-state index is 13.1. The average Bonchev–Trinajstić information content (AvgIpc) is 3.22. The molecular weight excluding hydrogens is 398 g/mol. The molecular formula is C24H32ClN3O2. The van der Waals surface area contributed by atoms with Gasteiger partial charge in [0, 0.05) is 29.7 Å². The lowest BCUT2D eigenvalue weighted by atomic mass is 10.1. The van der Waals surface area contributed by atoms with Crippen LogP contribution in [0.4, 0.5) is 0 Å². The molecule has 0 saturated carbocycles. The Morgan fingerprint density at radius 3 is 2.70 bits per heavy atom. The van der Waals surface area contributed by atoms with Gasteiger partial charge in [-0.05, 0) is 64.0 Å². The van der Waals surface area contributed by atoms with Crippen LogP contribution in [0.3, 0.4) is 0 Å². The highest BCUT2D eigenvalue weighted by molar-refractivity contribution is 6.30. The molecule has 6 heteroatoms. The number of amides is 1. The molecule has 0 aliphatic rings. The molecule has 0 spiro atoms. The second-order valence-corrected chi connectivity index (χ2v) is 8.33. The van der Waals surface area contributed by atoms with Crippen molar-refractivity contribution in [2.75, 3.05) is 19.6 Å². The third kappa shape index (κ3) is 5.46. The predicted octanol–water partition coefficient (Wildman–Crippen LogP) is 5.48. The van der Waals surface area contributed by atoms with Crippen molar-refractivity contribution in [2.24, 2.45) is 0 Å².